The van der Waals surface area contributed by atoms with Gasteiger partial charge in [0.25, 0.3) is 0 Å². The summed E-state index contributed by atoms with van der Waals surface area (Å²) < 4.78 is 0. The molecule has 54 heavy (non-hydrogen) atoms. The highest BCUT2D eigenvalue weighted by molar-refractivity contribution is 6.01. The Labute approximate surface area is 320 Å². The Kier molecular flexibility index (Phi) is 7.16. The molecule has 4 fully saturated rings. The molecule has 264 valence electrons. The first-order valence-corrected chi connectivity index (χ1v) is 20.3. The van der Waals surface area contributed by atoms with Crippen molar-refractivity contribution < 1.29 is 0 Å². The molecule has 0 heterocycles. The van der Waals surface area contributed by atoms with E-state index in [2.05, 4.69) is 176 Å². The van der Waals surface area contributed by atoms with Crippen LogP contribution in [0, 0.1) is 17.8 Å². The van der Waals surface area contributed by atoms with Crippen molar-refractivity contribution in [2.75, 3.05) is 4.90 Å². The van der Waals surface area contributed by atoms with Crippen LogP contribution in [-0.4, -0.2) is 0 Å². The number of hydrogen-bond acceptors (Lipinski definition) is 1. The fraction of sp³-hybridized carbons (Fsp3) is 0.245. The Balaban J connectivity index is 1.01. The fourth-order valence-electron chi connectivity index (χ4n) is 11.9. The maximum Gasteiger partial charge on any atom is 0.0540 e. The van der Waals surface area contributed by atoms with Gasteiger partial charge in [-0.25, -0.2) is 0 Å². The van der Waals surface area contributed by atoms with Crippen molar-refractivity contribution in [1.82, 2.24) is 0 Å². The van der Waals surface area contributed by atoms with E-state index in [0.717, 1.165) is 23.4 Å². The zero-order valence-electron chi connectivity index (χ0n) is 31.4. The number of anilines is 3. The minimum absolute atomic E-state index is 0.0883. The Hall–Kier alpha value is -5.40. The maximum absolute atomic E-state index is 2.48. The van der Waals surface area contributed by atoms with Crippen LogP contribution >= 0.6 is 0 Å². The fourth-order valence-corrected chi connectivity index (χ4v) is 11.9. The summed E-state index contributed by atoms with van der Waals surface area (Å²) in [4.78, 5) is 2.48. The predicted molar refractivity (Wildman–Crippen MR) is 227 cm³/mol. The summed E-state index contributed by atoms with van der Waals surface area (Å²) in [5.74, 6) is 2.89. The van der Waals surface area contributed by atoms with Crippen molar-refractivity contribution in [3.8, 4) is 33.4 Å². The highest BCUT2D eigenvalue weighted by atomic mass is 15.1. The molecule has 0 radical (unpaired) electrons. The molecule has 4 bridgehead atoms. The van der Waals surface area contributed by atoms with Gasteiger partial charge in [0.15, 0.2) is 0 Å². The molecule has 5 aliphatic carbocycles. The molecule has 0 aromatic heterocycles. The Bertz CT molecular complexity index is 2510. The summed E-state index contributed by atoms with van der Waals surface area (Å²) in [6.07, 6.45) is 8.71. The van der Waals surface area contributed by atoms with E-state index >= 15 is 0 Å². The first kappa shape index (κ1) is 32.1. The average Bonchev–Trinajstić information content (AvgIpc) is 3.43. The monoisotopic (exact) mass is 697 g/mol. The first-order valence-electron chi connectivity index (χ1n) is 20.3. The van der Waals surface area contributed by atoms with Crippen LogP contribution in [0.1, 0.15) is 69.1 Å². The minimum atomic E-state index is -0.0883. The molecule has 7 aromatic carbocycles. The number of para-hydroxylation sites is 1. The first-order chi connectivity index (χ1) is 26.4. The van der Waals surface area contributed by atoms with Gasteiger partial charge in [-0.15, -0.1) is 0 Å². The van der Waals surface area contributed by atoms with E-state index < -0.39 is 0 Å². The van der Waals surface area contributed by atoms with Gasteiger partial charge in [0.05, 0.1) is 5.69 Å². The number of nitrogens with zero attached hydrogens (tertiary/aromatic N) is 1. The minimum Gasteiger partial charge on any atom is -0.310 e. The lowest BCUT2D eigenvalue weighted by molar-refractivity contribution is -0.00518. The van der Waals surface area contributed by atoms with Gasteiger partial charge in [-0.05, 0) is 147 Å². The third-order valence-electron chi connectivity index (χ3n) is 14.0. The van der Waals surface area contributed by atoms with Crippen LogP contribution in [0.25, 0.3) is 44.2 Å². The predicted octanol–water partition coefficient (Wildman–Crippen LogP) is 14.4. The second-order valence-corrected chi connectivity index (χ2v) is 17.6. The molecule has 0 N–H and O–H groups in total. The van der Waals surface area contributed by atoms with Gasteiger partial charge < -0.3 is 4.90 Å². The Morgan fingerprint density at radius 3 is 1.76 bits per heavy atom. The zero-order valence-corrected chi connectivity index (χ0v) is 31.4. The Morgan fingerprint density at radius 2 is 1.02 bits per heavy atom. The number of fused-ring (bicyclic) bond motifs is 4. The molecular formula is C53H47N. The molecule has 7 aromatic rings. The lowest BCUT2D eigenvalue weighted by Crippen LogP contribution is -2.48. The van der Waals surface area contributed by atoms with Crippen LogP contribution in [0.4, 0.5) is 17.1 Å². The molecule has 0 spiro atoms. The van der Waals surface area contributed by atoms with Crippen molar-refractivity contribution in [2.24, 2.45) is 17.8 Å². The largest absolute Gasteiger partial charge is 0.310 e. The molecule has 5 aliphatic rings. The normalized spacial score (nSPS) is 23.0. The number of hydrogen-bond donors (Lipinski definition) is 0. The SMILES string of the molecule is CC1(C)c2ccccc2-c2ccc(N(c3ccc(-c4ccc(C56CC7CC(CC(C7)C5)C6)cc4)cc3)c3ccccc3-c3cccc4ccccc34)cc21. The third kappa shape index (κ3) is 4.97. The molecule has 0 atom stereocenters. The molecule has 1 nitrogen and oxygen atoms in total. The van der Waals surface area contributed by atoms with Gasteiger partial charge in [-0.3, -0.25) is 0 Å². The molecule has 1 heteroatoms. The van der Waals surface area contributed by atoms with E-state index in [9.17, 15) is 0 Å². The summed E-state index contributed by atoms with van der Waals surface area (Å²) in [5, 5.41) is 2.53. The molecule has 12 rings (SSSR count). The van der Waals surface area contributed by atoms with E-state index in [4.69, 9.17) is 0 Å². The van der Waals surface area contributed by atoms with Crippen molar-refractivity contribution >= 4 is 27.8 Å². The van der Waals surface area contributed by atoms with Crippen molar-refractivity contribution in [3.05, 3.63) is 174 Å². The van der Waals surface area contributed by atoms with Gasteiger partial charge in [-0.1, -0.05) is 141 Å². The van der Waals surface area contributed by atoms with E-state index in [1.54, 1.807) is 5.56 Å². The van der Waals surface area contributed by atoms with Gasteiger partial charge >= 0.3 is 0 Å². The Morgan fingerprint density at radius 1 is 0.463 bits per heavy atom. The summed E-state index contributed by atoms with van der Waals surface area (Å²) in [6, 6.07) is 59.5. The summed E-state index contributed by atoms with van der Waals surface area (Å²) in [5.41, 5.74) is 16.0. The quantitative estimate of drug-likeness (QED) is 0.167. The zero-order chi connectivity index (χ0) is 36.0. The van der Waals surface area contributed by atoms with E-state index in [1.807, 2.05) is 0 Å². The van der Waals surface area contributed by atoms with Crippen LogP contribution in [0.2, 0.25) is 0 Å². The van der Waals surface area contributed by atoms with Crippen LogP contribution in [-0.2, 0) is 10.8 Å². The maximum atomic E-state index is 2.48. The van der Waals surface area contributed by atoms with Crippen LogP contribution in [0.15, 0.2) is 158 Å². The topological polar surface area (TPSA) is 3.24 Å². The van der Waals surface area contributed by atoms with E-state index in [-0.39, 0.29) is 5.41 Å². The van der Waals surface area contributed by atoms with Gasteiger partial charge in [-0.2, -0.15) is 0 Å². The second kappa shape index (κ2) is 12.1. The van der Waals surface area contributed by atoms with Crippen molar-refractivity contribution in [1.29, 1.82) is 0 Å². The molecule has 0 amide bonds. The highest BCUT2D eigenvalue weighted by Crippen LogP contribution is 2.61. The van der Waals surface area contributed by atoms with E-state index in [0.29, 0.717) is 5.41 Å². The third-order valence-corrected chi connectivity index (χ3v) is 14.0. The molecule has 0 aliphatic heterocycles. The average molecular weight is 698 g/mol. The van der Waals surface area contributed by atoms with Gasteiger partial charge in [0, 0.05) is 22.4 Å². The van der Waals surface area contributed by atoms with Crippen molar-refractivity contribution in [2.45, 2.75) is 63.2 Å². The van der Waals surface area contributed by atoms with Crippen LogP contribution < -0.4 is 4.90 Å². The van der Waals surface area contributed by atoms with Crippen LogP contribution in [0.5, 0.6) is 0 Å². The summed E-state index contributed by atoms with van der Waals surface area (Å²) in [6.45, 7) is 4.75. The molecule has 4 saturated carbocycles. The number of rotatable bonds is 6. The molecule has 0 saturated heterocycles. The van der Waals surface area contributed by atoms with Crippen molar-refractivity contribution in [3.63, 3.8) is 0 Å². The smallest absolute Gasteiger partial charge is 0.0540 e. The summed E-state index contributed by atoms with van der Waals surface area (Å²) in [7, 11) is 0. The molecule has 0 unspecified atom stereocenters. The summed E-state index contributed by atoms with van der Waals surface area (Å²) >= 11 is 0. The van der Waals surface area contributed by atoms with Crippen LogP contribution in [0.3, 0.4) is 0 Å². The lowest BCUT2D eigenvalue weighted by Gasteiger charge is -2.57. The standard InChI is InChI=1S/C53H47N/c1-52(2)49-16-7-5-13-46(49)47-27-26-43(31-50(47)52)54(51-17-8-6-14-48(51)45-15-9-11-40-10-3-4-12-44(40)45)42-24-20-39(21-25-42)38-18-22-41(23-19-38)53-32-35-28-36(33-53)30-37(29-35)34-53/h3-27,31,35-37H,28-30,32-34H2,1-2H3. The highest BCUT2D eigenvalue weighted by Gasteiger charge is 2.51. The number of benzene rings is 7. The molecular weight excluding hydrogens is 651 g/mol. The van der Waals surface area contributed by atoms with E-state index in [1.165, 1.54) is 105 Å². The lowest BCUT2D eigenvalue weighted by atomic mass is 9.48. The van der Waals surface area contributed by atoms with Gasteiger partial charge in [0.2, 0.25) is 0 Å². The van der Waals surface area contributed by atoms with Gasteiger partial charge in [0.1, 0.15) is 0 Å². The second-order valence-electron chi connectivity index (χ2n) is 17.6.